The molecule has 148 valence electrons. The normalized spacial score (nSPS) is 7.73. The molecule has 0 atom stereocenters. The van der Waals surface area contributed by atoms with Gasteiger partial charge >= 0.3 is 24.4 Å². The molecule has 3 aromatic rings. The van der Waals surface area contributed by atoms with Crippen molar-refractivity contribution in [3.63, 3.8) is 0 Å². The summed E-state index contributed by atoms with van der Waals surface area (Å²) in [5.41, 5.74) is 0. The fourth-order valence-corrected chi connectivity index (χ4v) is 4.18. The summed E-state index contributed by atoms with van der Waals surface area (Å²) in [7, 11) is -0.0146. The standard InChI is InChI=1S/C18H15S.6FH.Sb.3H/c1-4-10-16(11-5-1)19(17-12-6-2-7-13-17)18-14-8-3-9-15-18;;;;;;;;;;/h1-15H;6*1H;;;;/q+1;;;;;;;;;;/p-6. The van der Waals surface area contributed by atoms with Crippen molar-refractivity contribution in [2.45, 2.75) is 14.7 Å². The van der Waals surface area contributed by atoms with Gasteiger partial charge in [0, 0.05) is 0 Å². The molecule has 0 aliphatic heterocycles. The van der Waals surface area contributed by atoms with E-state index in [0.29, 0.717) is 0 Å². The van der Waals surface area contributed by atoms with E-state index in [9.17, 15) is 0 Å². The van der Waals surface area contributed by atoms with Crippen molar-refractivity contribution in [1.82, 2.24) is 0 Å². The van der Waals surface area contributed by atoms with E-state index in [-0.39, 0.29) is 63.5 Å². The first-order chi connectivity index (χ1) is 9.45. The van der Waals surface area contributed by atoms with Crippen LogP contribution in [0.5, 0.6) is 0 Å². The predicted molar refractivity (Wildman–Crippen MR) is 91.4 cm³/mol. The van der Waals surface area contributed by atoms with Crippen LogP contribution < -0.4 is 28.2 Å². The Balaban J connectivity index is -0.000000210. The Kier molecular flexibility index (Phi) is 24.9. The van der Waals surface area contributed by atoms with Gasteiger partial charge in [0.25, 0.3) is 0 Å². The molecule has 3 aromatic carbocycles. The molecule has 0 amide bonds. The molecule has 8 heteroatoms. The fourth-order valence-electron chi connectivity index (χ4n) is 2.08. The third-order valence-electron chi connectivity index (χ3n) is 2.94. The first kappa shape index (κ1) is 35.5. The Labute approximate surface area is 169 Å². The molecule has 0 aliphatic rings. The maximum absolute atomic E-state index is 2.21. The van der Waals surface area contributed by atoms with Gasteiger partial charge in [-0.15, -0.1) is 0 Å². The van der Waals surface area contributed by atoms with Crippen LogP contribution in [0.1, 0.15) is 0 Å². The van der Waals surface area contributed by atoms with Gasteiger partial charge in [0.15, 0.2) is 14.7 Å². The zero-order valence-electron chi connectivity index (χ0n) is 13.5. The third kappa shape index (κ3) is 8.67. The predicted octanol–water partition coefficient (Wildman–Crippen LogP) is -14.4. The molecule has 0 radical (unpaired) electrons. The summed E-state index contributed by atoms with van der Waals surface area (Å²) in [5.74, 6) is 0. The van der Waals surface area contributed by atoms with E-state index in [1.807, 2.05) is 0 Å². The molecule has 0 bridgehead atoms. The molecular weight excluding hydrogens is 484 g/mol. The van der Waals surface area contributed by atoms with Gasteiger partial charge in [-0.2, -0.15) is 0 Å². The molecule has 0 saturated heterocycles. The minimum absolute atomic E-state index is 0. The Bertz CT molecular complexity index is 550. The van der Waals surface area contributed by atoms with Gasteiger partial charge in [-0.25, -0.2) is 0 Å². The monoisotopic (exact) mass is 501 g/mol. The van der Waals surface area contributed by atoms with Crippen LogP contribution in [0.4, 0.5) is 0 Å². The van der Waals surface area contributed by atoms with Crippen LogP contribution >= 0.6 is 0 Å². The van der Waals surface area contributed by atoms with Crippen LogP contribution in [0.2, 0.25) is 0 Å². The summed E-state index contributed by atoms with van der Waals surface area (Å²) in [4.78, 5) is 4.08. The summed E-state index contributed by atoms with van der Waals surface area (Å²) < 4.78 is 0. The van der Waals surface area contributed by atoms with E-state index in [1.54, 1.807) is 0 Å². The molecule has 0 heterocycles. The summed E-state index contributed by atoms with van der Waals surface area (Å²) in [6.45, 7) is 0. The van der Waals surface area contributed by atoms with Crippen molar-refractivity contribution >= 4 is 35.3 Å². The Morgan fingerprint density at radius 2 is 0.538 bits per heavy atom. The van der Waals surface area contributed by atoms with E-state index in [0.717, 1.165) is 0 Å². The number of rotatable bonds is 3. The van der Waals surface area contributed by atoms with Crippen LogP contribution in [-0.2, 0) is 10.9 Å². The average molecular weight is 502 g/mol. The fraction of sp³-hybridized carbons (Fsp3) is 0. The largest absolute Gasteiger partial charge is 0.166 e. The van der Waals surface area contributed by atoms with E-state index < -0.39 is 0 Å². The minimum Gasteiger partial charge on any atom is -0.0619 e. The zero-order valence-corrected chi connectivity index (χ0v) is 18.4. The van der Waals surface area contributed by atoms with Crippen molar-refractivity contribution in [3.05, 3.63) is 91.0 Å². The van der Waals surface area contributed by atoms with Crippen molar-refractivity contribution in [3.8, 4) is 0 Å². The molecule has 0 spiro atoms. The molecule has 0 nitrogen and oxygen atoms in total. The molecule has 0 aliphatic carbocycles. The van der Waals surface area contributed by atoms with Crippen molar-refractivity contribution in [2.75, 3.05) is 0 Å². The molecular formula is C18H18F6SSb-5. The topological polar surface area (TPSA) is 0 Å². The van der Waals surface area contributed by atoms with E-state index in [2.05, 4.69) is 91.0 Å². The molecule has 0 unspecified atom stereocenters. The van der Waals surface area contributed by atoms with E-state index in [4.69, 9.17) is 0 Å². The molecule has 0 saturated carbocycles. The SMILES string of the molecule is [F-].[F-].[F-].[F-].[F-].[F-].[SbH3].c1ccc([S+](c2ccccc2)c2ccccc2)cc1. The summed E-state index contributed by atoms with van der Waals surface area (Å²) in [5, 5.41) is 0. The second-order valence-corrected chi connectivity index (χ2v) is 6.27. The molecule has 0 aromatic heterocycles. The van der Waals surface area contributed by atoms with Crippen LogP contribution in [0.25, 0.3) is 0 Å². The molecule has 0 N–H and O–H groups in total. The van der Waals surface area contributed by atoms with Gasteiger partial charge in [0.1, 0.15) is 0 Å². The van der Waals surface area contributed by atoms with Gasteiger partial charge in [0.05, 0.1) is 10.9 Å². The maximum Gasteiger partial charge on any atom is 0.166 e. The van der Waals surface area contributed by atoms with Crippen molar-refractivity contribution in [2.24, 2.45) is 0 Å². The van der Waals surface area contributed by atoms with Crippen molar-refractivity contribution in [1.29, 1.82) is 0 Å². The second-order valence-electron chi connectivity index (χ2n) is 4.25. The second kappa shape index (κ2) is 18.2. The Morgan fingerprint density at radius 1 is 0.346 bits per heavy atom. The number of hydrogen-bond acceptors (Lipinski definition) is 0. The summed E-state index contributed by atoms with van der Waals surface area (Å²) >= 11 is 0. The van der Waals surface area contributed by atoms with Gasteiger partial charge in [-0.05, 0) is 36.4 Å². The minimum atomic E-state index is -0.0146. The van der Waals surface area contributed by atoms with Crippen LogP contribution in [-0.4, -0.2) is 24.4 Å². The van der Waals surface area contributed by atoms with Crippen LogP contribution in [0.3, 0.4) is 0 Å². The molecule has 26 heavy (non-hydrogen) atoms. The van der Waals surface area contributed by atoms with E-state index in [1.165, 1.54) is 14.7 Å². The first-order valence-corrected chi connectivity index (χ1v) is 7.57. The average Bonchev–Trinajstić information content (AvgIpc) is 2.51. The molecule has 0 fully saturated rings. The van der Waals surface area contributed by atoms with Gasteiger partial charge < -0.3 is 28.2 Å². The quantitative estimate of drug-likeness (QED) is 0.190. The van der Waals surface area contributed by atoms with Crippen LogP contribution in [0.15, 0.2) is 106 Å². The Morgan fingerprint density at radius 3 is 0.731 bits per heavy atom. The van der Waals surface area contributed by atoms with Gasteiger partial charge in [0.2, 0.25) is 0 Å². The Hall–Kier alpha value is -1.59. The third-order valence-corrected chi connectivity index (χ3v) is 5.17. The maximum atomic E-state index is 2.21. The first-order valence-electron chi connectivity index (χ1n) is 6.34. The molecule has 3 rings (SSSR count). The van der Waals surface area contributed by atoms with Gasteiger partial charge in [-0.1, -0.05) is 54.6 Å². The number of halogens is 6. The van der Waals surface area contributed by atoms with Gasteiger partial charge in [-0.3, -0.25) is 0 Å². The van der Waals surface area contributed by atoms with Crippen LogP contribution in [0, 0.1) is 0 Å². The summed E-state index contributed by atoms with van der Waals surface area (Å²) in [6, 6.07) is 32.2. The van der Waals surface area contributed by atoms with E-state index >= 15 is 0 Å². The smallest absolute Gasteiger partial charge is 0.0619 e. The number of hydrogen-bond donors (Lipinski definition) is 0. The summed E-state index contributed by atoms with van der Waals surface area (Å²) in [6.07, 6.45) is 0. The zero-order chi connectivity index (χ0) is 12.9. The number of benzene rings is 3. The van der Waals surface area contributed by atoms with Crippen molar-refractivity contribution < 1.29 is 28.2 Å².